The first kappa shape index (κ1) is 27.3. The number of thiocarbonyl (C=S) groups is 1. The number of rotatable bonds is 14. The van der Waals surface area contributed by atoms with Crippen molar-refractivity contribution >= 4 is 34.8 Å². The minimum absolute atomic E-state index is 0.0414. The Kier molecular flexibility index (Phi) is 13.8. The number of benzene rings is 1. The van der Waals surface area contributed by atoms with Crippen LogP contribution in [0.2, 0.25) is 0 Å². The van der Waals surface area contributed by atoms with E-state index in [4.69, 9.17) is 12.2 Å². The number of carbonyl (C=O) groups excluding carboxylic acids is 2. The molecule has 0 aromatic heterocycles. The summed E-state index contributed by atoms with van der Waals surface area (Å²) in [6.07, 6.45) is 17.8. The van der Waals surface area contributed by atoms with Crippen LogP contribution in [0.3, 0.4) is 0 Å². The van der Waals surface area contributed by atoms with Crippen molar-refractivity contribution in [2.45, 2.75) is 103 Å². The highest BCUT2D eigenvalue weighted by molar-refractivity contribution is 7.80. The summed E-state index contributed by atoms with van der Waals surface area (Å²) in [7, 11) is 0. The average molecular weight is 474 g/mol. The Morgan fingerprint density at radius 1 is 0.818 bits per heavy atom. The number of hydrogen-bond donors (Lipinski definition) is 2. The molecule has 2 rings (SSSR count). The van der Waals surface area contributed by atoms with Crippen molar-refractivity contribution in [3.8, 4) is 0 Å². The molecule has 1 aromatic carbocycles. The van der Waals surface area contributed by atoms with E-state index >= 15 is 0 Å². The van der Waals surface area contributed by atoms with Crippen molar-refractivity contribution in [2.24, 2.45) is 0 Å². The molecular weight excluding hydrogens is 430 g/mol. The van der Waals surface area contributed by atoms with E-state index in [-0.39, 0.29) is 11.8 Å². The molecular formula is C27H43N3O2S. The zero-order valence-electron chi connectivity index (χ0n) is 20.5. The SMILES string of the molecule is CCCCCCCCCCCCCC(=O)NC(=S)Nc1ccc(C(=O)N2CCCCC2)cc1. The van der Waals surface area contributed by atoms with Crippen LogP contribution >= 0.6 is 12.2 Å². The molecule has 1 aromatic rings. The molecule has 0 aliphatic carbocycles. The van der Waals surface area contributed by atoms with Gasteiger partial charge in [-0.25, -0.2) is 0 Å². The van der Waals surface area contributed by atoms with Crippen LogP contribution in [-0.4, -0.2) is 34.9 Å². The molecule has 184 valence electrons. The Balaban J connectivity index is 1.54. The number of carbonyl (C=O) groups is 2. The summed E-state index contributed by atoms with van der Waals surface area (Å²) < 4.78 is 0. The summed E-state index contributed by atoms with van der Waals surface area (Å²) in [5.74, 6) is 0.0458. The summed E-state index contributed by atoms with van der Waals surface area (Å²) in [4.78, 5) is 26.6. The van der Waals surface area contributed by atoms with E-state index in [1.807, 2.05) is 29.2 Å². The quantitative estimate of drug-likeness (QED) is 0.230. The highest BCUT2D eigenvalue weighted by atomic mass is 32.1. The van der Waals surface area contributed by atoms with Crippen LogP contribution in [0.5, 0.6) is 0 Å². The van der Waals surface area contributed by atoms with Gasteiger partial charge in [-0.2, -0.15) is 0 Å². The molecule has 5 nitrogen and oxygen atoms in total. The first-order valence-electron chi connectivity index (χ1n) is 13.1. The van der Waals surface area contributed by atoms with Crippen LogP contribution in [0.4, 0.5) is 5.69 Å². The maximum Gasteiger partial charge on any atom is 0.253 e. The Hall–Kier alpha value is -1.95. The summed E-state index contributed by atoms with van der Waals surface area (Å²) in [5.41, 5.74) is 1.46. The lowest BCUT2D eigenvalue weighted by Crippen LogP contribution is -2.35. The normalized spacial score (nSPS) is 13.5. The maximum atomic E-state index is 12.5. The maximum absolute atomic E-state index is 12.5. The van der Waals surface area contributed by atoms with Crippen LogP contribution < -0.4 is 10.6 Å². The van der Waals surface area contributed by atoms with Crippen molar-refractivity contribution in [2.75, 3.05) is 18.4 Å². The van der Waals surface area contributed by atoms with Crippen molar-refractivity contribution in [1.82, 2.24) is 10.2 Å². The molecule has 1 aliphatic rings. The predicted octanol–water partition coefficient (Wildman–Crippen LogP) is 6.83. The molecule has 2 N–H and O–H groups in total. The number of nitrogens with one attached hydrogen (secondary N) is 2. The number of anilines is 1. The second-order valence-electron chi connectivity index (χ2n) is 9.22. The minimum Gasteiger partial charge on any atom is -0.339 e. The minimum atomic E-state index is -0.0414. The topological polar surface area (TPSA) is 61.4 Å². The zero-order chi connectivity index (χ0) is 23.7. The van der Waals surface area contributed by atoms with Gasteiger partial charge in [0.25, 0.3) is 5.91 Å². The average Bonchev–Trinajstić information content (AvgIpc) is 2.83. The number of unbranched alkanes of at least 4 members (excludes halogenated alkanes) is 10. The summed E-state index contributed by atoms with van der Waals surface area (Å²) in [6.45, 7) is 3.94. The number of likely N-dealkylation sites (tertiary alicyclic amines) is 1. The van der Waals surface area contributed by atoms with E-state index in [9.17, 15) is 9.59 Å². The van der Waals surface area contributed by atoms with E-state index < -0.39 is 0 Å². The molecule has 1 saturated heterocycles. The van der Waals surface area contributed by atoms with Gasteiger partial charge in [-0.3, -0.25) is 9.59 Å². The lowest BCUT2D eigenvalue weighted by atomic mass is 10.1. The number of piperidine rings is 1. The predicted molar refractivity (Wildman–Crippen MR) is 142 cm³/mol. The molecule has 0 bridgehead atoms. The van der Waals surface area contributed by atoms with Gasteiger partial charge in [0.2, 0.25) is 5.91 Å². The highest BCUT2D eigenvalue weighted by Gasteiger charge is 2.17. The molecule has 1 fully saturated rings. The van der Waals surface area contributed by atoms with Gasteiger partial charge in [-0.05, 0) is 62.2 Å². The fourth-order valence-electron chi connectivity index (χ4n) is 4.28. The van der Waals surface area contributed by atoms with Crippen LogP contribution in [0.15, 0.2) is 24.3 Å². The van der Waals surface area contributed by atoms with E-state index in [2.05, 4.69) is 17.6 Å². The standard InChI is InChI=1S/C27H43N3O2S/c1-2-3-4-5-6-7-8-9-10-11-13-16-25(31)29-27(33)28-24-19-17-23(18-20-24)26(32)30-21-14-12-15-22-30/h17-20H,2-16,21-22H2,1H3,(H2,28,29,31,33). The van der Waals surface area contributed by atoms with Gasteiger partial charge < -0.3 is 15.5 Å². The number of nitrogens with zero attached hydrogens (tertiary/aromatic N) is 1. The van der Waals surface area contributed by atoms with E-state index in [1.165, 1.54) is 64.2 Å². The van der Waals surface area contributed by atoms with Gasteiger partial charge in [0.1, 0.15) is 0 Å². The van der Waals surface area contributed by atoms with Crippen LogP contribution in [0.1, 0.15) is 114 Å². The fourth-order valence-corrected chi connectivity index (χ4v) is 4.51. The van der Waals surface area contributed by atoms with Crippen LogP contribution in [0.25, 0.3) is 0 Å². The van der Waals surface area contributed by atoms with Gasteiger partial charge in [0.15, 0.2) is 5.11 Å². The first-order chi connectivity index (χ1) is 16.1. The molecule has 2 amide bonds. The number of amides is 2. The molecule has 1 aliphatic heterocycles. The lowest BCUT2D eigenvalue weighted by Gasteiger charge is -2.26. The molecule has 0 spiro atoms. The monoisotopic (exact) mass is 473 g/mol. The van der Waals surface area contributed by atoms with Crippen molar-refractivity contribution in [3.63, 3.8) is 0 Å². The van der Waals surface area contributed by atoms with Crippen LogP contribution in [0, 0.1) is 0 Å². The van der Waals surface area contributed by atoms with Crippen molar-refractivity contribution in [1.29, 1.82) is 0 Å². The smallest absolute Gasteiger partial charge is 0.253 e. The Labute approximate surface area is 206 Å². The van der Waals surface area contributed by atoms with E-state index in [0.29, 0.717) is 17.1 Å². The Bertz CT molecular complexity index is 715. The van der Waals surface area contributed by atoms with Crippen LogP contribution in [-0.2, 0) is 4.79 Å². The molecule has 6 heteroatoms. The van der Waals surface area contributed by atoms with Gasteiger partial charge in [0.05, 0.1) is 0 Å². The largest absolute Gasteiger partial charge is 0.339 e. The molecule has 0 atom stereocenters. The fraction of sp³-hybridized carbons (Fsp3) is 0.667. The highest BCUT2D eigenvalue weighted by Crippen LogP contribution is 2.16. The van der Waals surface area contributed by atoms with Gasteiger partial charge in [0, 0.05) is 30.8 Å². The third-order valence-corrected chi connectivity index (χ3v) is 6.50. The summed E-state index contributed by atoms with van der Waals surface area (Å²) in [6, 6.07) is 7.29. The van der Waals surface area contributed by atoms with Gasteiger partial charge in [-0.15, -0.1) is 0 Å². The second kappa shape index (κ2) is 16.6. The molecule has 0 radical (unpaired) electrons. The zero-order valence-corrected chi connectivity index (χ0v) is 21.3. The van der Waals surface area contributed by atoms with Crippen molar-refractivity contribution < 1.29 is 9.59 Å². The lowest BCUT2D eigenvalue weighted by molar-refractivity contribution is -0.119. The molecule has 33 heavy (non-hydrogen) atoms. The third kappa shape index (κ3) is 11.6. The summed E-state index contributed by atoms with van der Waals surface area (Å²) in [5, 5.41) is 6.10. The third-order valence-electron chi connectivity index (χ3n) is 6.29. The Morgan fingerprint density at radius 2 is 1.36 bits per heavy atom. The van der Waals surface area contributed by atoms with Crippen molar-refractivity contribution in [3.05, 3.63) is 29.8 Å². The number of hydrogen-bond acceptors (Lipinski definition) is 3. The van der Waals surface area contributed by atoms with Gasteiger partial charge in [-0.1, -0.05) is 71.1 Å². The van der Waals surface area contributed by atoms with Gasteiger partial charge >= 0.3 is 0 Å². The summed E-state index contributed by atoms with van der Waals surface area (Å²) >= 11 is 5.27. The van der Waals surface area contributed by atoms with E-state index in [0.717, 1.165) is 44.5 Å². The first-order valence-corrected chi connectivity index (χ1v) is 13.5. The second-order valence-corrected chi connectivity index (χ2v) is 9.63. The molecule has 0 saturated carbocycles. The molecule has 1 heterocycles. The van der Waals surface area contributed by atoms with E-state index in [1.54, 1.807) is 0 Å². The Morgan fingerprint density at radius 3 is 1.94 bits per heavy atom. The molecule has 0 unspecified atom stereocenters.